The van der Waals surface area contributed by atoms with Gasteiger partial charge >= 0.3 is 195 Å². The van der Waals surface area contributed by atoms with E-state index in [0.29, 0.717) is 0 Å². The van der Waals surface area contributed by atoms with Crippen molar-refractivity contribution in [2.75, 3.05) is 0 Å². The summed E-state index contributed by atoms with van der Waals surface area (Å²) in [6, 6.07) is 10.3. The number of hydrogen-bond acceptors (Lipinski definition) is 16. The predicted molar refractivity (Wildman–Crippen MR) is 98.4 cm³/mol. The van der Waals surface area contributed by atoms with E-state index in [1.165, 1.54) is 5.56 Å². The van der Waals surface area contributed by atoms with E-state index in [9.17, 15) is 56.8 Å². The Morgan fingerprint density at radius 3 is 0.969 bits per heavy atom. The Labute approximate surface area is 305 Å². The minimum atomic E-state index is -5.25. The van der Waals surface area contributed by atoms with Gasteiger partial charge in [0.1, 0.15) is 0 Å². The van der Waals surface area contributed by atoms with Crippen molar-refractivity contribution in [1.82, 2.24) is 0 Å². The summed E-state index contributed by atoms with van der Waals surface area (Å²) in [4.78, 5) is 58.4. The van der Waals surface area contributed by atoms with Crippen molar-refractivity contribution in [3.05, 3.63) is 35.9 Å². The van der Waals surface area contributed by atoms with Gasteiger partial charge in [0, 0.05) is 0 Å². The summed E-state index contributed by atoms with van der Waals surface area (Å²) in [6.07, 6.45) is 0. The van der Waals surface area contributed by atoms with E-state index in [1.54, 1.807) is 0 Å². The molecule has 32 heavy (non-hydrogen) atoms. The van der Waals surface area contributed by atoms with E-state index in [-0.39, 0.29) is 147 Å². The molecule has 0 amide bonds. The van der Waals surface area contributed by atoms with Gasteiger partial charge in [-0.05, 0) is 25.2 Å². The smallest absolute Gasteiger partial charge is 0.750 e. The molecule has 1 aromatic rings. The number of rotatable bonds is 8. The van der Waals surface area contributed by atoms with Crippen LogP contribution in [0.2, 0.25) is 0 Å². The molecule has 0 aromatic heterocycles. The summed E-state index contributed by atoms with van der Waals surface area (Å²) in [5, 5.41) is 0. The molecule has 0 spiro atoms. The van der Waals surface area contributed by atoms with E-state index in [4.69, 9.17) is 0 Å². The molecule has 0 saturated heterocycles. The second kappa shape index (κ2) is 25.7. The number of phosphoric acid groups is 2. The molecule has 0 radical (unpaired) electrons. The van der Waals surface area contributed by atoms with Crippen LogP contribution in [0.1, 0.15) is 5.56 Å². The zero-order valence-corrected chi connectivity index (χ0v) is 34.4. The Hall–Kier alpha value is 4.39. The van der Waals surface area contributed by atoms with Crippen LogP contribution in [0.4, 0.5) is 0 Å². The van der Waals surface area contributed by atoms with Gasteiger partial charge in [-0.25, -0.2) is 0 Å². The predicted octanol–water partition coefficient (Wildman–Crippen LogP) is -2.10. The second-order valence-corrected chi connectivity index (χ2v) is 9.96. The van der Waals surface area contributed by atoms with E-state index < -0.39 is 48.7 Å². The van der Waals surface area contributed by atoms with Gasteiger partial charge in [-0.15, -0.1) is 0 Å². The molecule has 1 rings (SSSR count). The molecule has 0 fully saturated rings. The third kappa shape index (κ3) is 36.6. The van der Waals surface area contributed by atoms with E-state index in [2.05, 4.69) is 36.3 Å². The van der Waals surface area contributed by atoms with Crippen LogP contribution >= 0.6 is 48.7 Å². The molecule has 4 atom stereocenters. The molecule has 16 nitrogen and oxygen atoms in total. The summed E-state index contributed by atoms with van der Waals surface area (Å²) < 4.78 is 70.8. The van der Waals surface area contributed by atoms with Gasteiger partial charge in [0.15, 0.2) is 0 Å². The van der Waals surface area contributed by atoms with Crippen molar-refractivity contribution < 1.29 is 74.0 Å². The third-order valence-corrected chi connectivity index (χ3v) is 6.94. The molecule has 164 valence electrons. The van der Waals surface area contributed by atoms with Gasteiger partial charge in [-0.1, -0.05) is 53.1 Å². The van der Waals surface area contributed by atoms with E-state index >= 15 is 0 Å². The van der Waals surface area contributed by atoms with Gasteiger partial charge in [0.2, 0.25) is 0 Å². The van der Waals surface area contributed by atoms with Crippen LogP contribution in [0.5, 0.6) is 0 Å². The fourth-order valence-electron chi connectivity index (χ4n) is 0.891. The first-order valence-corrected chi connectivity index (χ1v) is 13.4. The van der Waals surface area contributed by atoms with Crippen LogP contribution in [0.3, 0.4) is 0 Å². The molecule has 0 aliphatic heterocycles. The van der Waals surface area contributed by atoms with Crippen LogP contribution in [0, 0.1) is 6.92 Å². The average Bonchev–Trinajstić information content (AvgIpc) is 2.43. The average molecular weight is 946 g/mol. The van der Waals surface area contributed by atoms with Crippen molar-refractivity contribution in [3.8, 4) is 0 Å². The molecule has 4 unspecified atom stereocenters. The molecule has 0 aliphatic carbocycles. The summed E-state index contributed by atoms with van der Waals surface area (Å²) in [5.74, 6) is 0. The molecular weight excluding hydrogens is 938 g/mol. The van der Waals surface area contributed by atoms with Crippen LogP contribution in [-0.2, 0) is 44.6 Å². The Bertz CT molecular complexity index is 721. The monoisotopic (exact) mass is 948 g/mol. The Balaban J connectivity index is -0.000000111. The molecule has 0 saturated carbocycles. The van der Waals surface area contributed by atoms with Crippen LogP contribution in [0.15, 0.2) is 30.3 Å². The van der Waals surface area contributed by atoms with Gasteiger partial charge in [0.25, 0.3) is 0 Å². The maximum atomic E-state index is 10.1. The van der Waals surface area contributed by atoms with Crippen LogP contribution in [-0.4, -0.2) is 147 Å². The van der Waals surface area contributed by atoms with E-state index in [1.807, 2.05) is 18.2 Å². The molecule has 25 heteroatoms. The Kier molecular flexibility index (Phi) is 37.1. The first-order valence-electron chi connectivity index (χ1n) is 6.06. The third-order valence-electron chi connectivity index (χ3n) is 1.61. The maximum absolute atomic E-state index is 10.1. The van der Waals surface area contributed by atoms with E-state index in [0.717, 1.165) is 0 Å². The molecule has 0 heterocycles. The van der Waals surface area contributed by atoms with Gasteiger partial charge in [0.05, 0.1) is 0 Å². The van der Waals surface area contributed by atoms with Crippen molar-refractivity contribution in [2.24, 2.45) is 0 Å². The molecule has 1 aromatic carbocycles. The summed E-state index contributed by atoms with van der Waals surface area (Å²) in [7, 11) is -25.2. The fourth-order valence-corrected chi connectivity index (χ4v) is 4.28. The zero-order valence-electron chi connectivity index (χ0n) is 15.7. The topological polar surface area (TPSA) is 278 Å². The summed E-state index contributed by atoms with van der Waals surface area (Å²) in [6.45, 7) is 2.08. The standard InChI is InChI=1S/C7H8.3Ba.2HO8P3/c1-7-5-3-2-4-6-7;;;;2*1-9(2)7-11(5,6)8-10(3)4/h2-6H,1H3;;;;2*(H,5,6)/q;3*+2;;/p-2. The van der Waals surface area contributed by atoms with Gasteiger partial charge in [-0.3, -0.25) is 9.13 Å². The number of aryl methyl sites for hydroxylation is 1. The number of hydrogen-bond donors (Lipinski definition) is 0. The van der Waals surface area contributed by atoms with Crippen molar-refractivity contribution in [3.63, 3.8) is 0 Å². The minimum absolute atomic E-state index is 0. The molecule has 0 bridgehead atoms. The fraction of sp³-hybridized carbons (Fsp3) is 0.143. The summed E-state index contributed by atoms with van der Waals surface area (Å²) >= 11 is 0. The first kappa shape index (κ1) is 46.3. The van der Waals surface area contributed by atoms with Crippen molar-refractivity contribution >= 4 is 195 Å². The normalized spacial score (nSPS) is 14.8. The zero-order chi connectivity index (χ0) is 23.3. The van der Waals surface area contributed by atoms with Crippen molar-refractivity contribution in [1.29, 1.82) is 0 Å². The first-order chi connectivity index (χ1) is 13.1. The maximum Gasteiger partial charge on any atom is 2.00 e. The molecule has 0 aliphatic rings. The van der Waals surface area contributed by atoms with Gasteiger partial charge < -0.3 is 29.4 Å². The second-order valence-electron chi connectivity index (χ2n) is 3.77. The Morgan fingerprint density at radius 2 is 0.844 bits per heavy atom. The van der Waals surface area contributed by atoms with Crippen molar-refractivity contribution in [2.45, 2.75) is 6.92 Å². The van der Waals surface area contributed by atoms with Crippen LogP contribution < -0.4 is 29.4 Å². The quantitative estimate of drug-likeness (QED) is 0.199. The minimum Gasteiger partial charge on any atom is -0.750 e. The van der Waals surface area contributed by atoms with Crippen LogP contribution in [0.25, 0.3) is 0 Å². The molecular formula is C7H8Ba3O16P6+4. The SMILES string of the molecule is Cc1ccccc1.O=[P+]([O-])OP(=O)([O-])O[P+](=O)[O-].O=[P+]([O-])OP(=O)([O-])O[P+](=O)[O-].[Ba+2].[Ba+2].[Ba+2]. The van der Waals surface area contributed by atoms with Gasteiger partial charge in [-0.2, -0.15) is 0 Å². The Morgan fingerprint density at radius 1 is 0.625 bits per heavy atom. The largest absolute Gasteiger partial charge is 2.00 e. The number of benzene rings is 1. The summed E-state index contributed by atoms with van der Waals surface area (Å²) in [5.41, 5.74) is 1.32. The molecule has 0 N–H and O–H groups in total.